The summed E-state index contributed by atoms with van der Waals surface area (Å²) >= 11 is 0. The molecule has 1 aromatic carbocycles. The van der Waals surface area contributed by atoms with E-state index in [9.17, 15) is 4.79 Å². The van der Waals surface area contributed by atoms with Gasteiger partial charge in [0.1, 0.15) is 0 Å². The number of carbonyl (C=O) groups is 1. The molecule has 2 aromatic rings. The molecule has 0 saturated carbocycles. The fourth-order valence-electron chi connectivity index (χ4n) is 4.93. The second-order valence-electron chi connectivity index (χ2n) is 8.28. The van der Waals surface area contributed by atoms with E-state index < -0.39 is 0 Å². The Bertz CT molecular complexity index is 829. The molecule has 5 nitrogen and oxygen atoms in total. The van der Waals surface area contributed by atoms with Gasteiger partial charge >= 0.3 is 0 Å². The van der Waals surface area contributed by atoms with Crippen LogP contribution in [0.4, 0.5) is 0 Å². The minimum atomic E-state index is 0.180. The van der Waals surface area contributed by atoms with Crippen LogP contribution < -0.4 is 0 Å². The highest BCUT2D eigenvalue weighted by atomic mass is 16.5. The normalized spacial score (nSPS) is 23.7. The number of H-pyrrole nitrogens is 1. The van der Waals surface area contributed by atoms with Crippen LogP contribution in [0.25, 0.3) is 10.9 Å². The summed E-state index contributed by atoms with van der Waals surface area (Å²) in [6.07, 6.45) is 7.56. The third-order valence-electron chi connectivity index (χ3n) is 6.49. The Balaban J connectivity index is 1.27. The van der Waals surface area contributed by atoms with Crippen LogP contribution in [0.5, 0.6) is 0 Å². The number of benzene rings is 1. The van der Waals surface area contributed by atoms with E-state index in [1.807, 2.05) is 11.0 Å². The summed E-state index contributed by atoms with van der Waals surface area (Å²) in [7, 11) is 0. The Morgan fingerprint density at radius 2 is 1.96 bits per heavy atom. The molecular formula is C22H29N3O2. The summed E-state index contributed by atoms with van der Waals surface area (Å²) in [5.41, 5.74) is 4.83. The van der Waals surface area contributed by atoms with Gasteiger partial charge in [-0.3, -0.25) is 9.69 Å². The van der Waals surface area contributed by atoms with E-state index in [2.05, 4.69) is 22.0 Å². The van der Waals surface area contributed by atoms with E-state index in [1.54, 1.807) is 0 Å². The van der Waals surface area contributed by atoms with Gasteiger partial charge in [-0.25, -0.2) is 0 Å². The molecule has 3 aliphatic rings. The number of fused-ring (bicyclic) bond motifs is 3. The Morgan fingerprint density at radius 1 is 1.11 bits per heavy atom. The minimum Gasteiger partial charge on any atom is -0.377 e. The van der Waals surface area contributed by atoms with E-state index in [4.69, 9.17) is 4.74 Å². The number of carbonyl (C=O) groups excluding carboxylic acids is 1. The van der Waals surface area contributed by atoms with Gasteiger partial charge in [0.15, 0.2) is 0 Å². The van der Waals surface area contributed by atoms with Gasteiger partial charge in [-0.2, -0.15) is 0 Å². The van der Waals surface area contributed by atoms with Crippen LogP contribution >= 0.6 is 0 Å². The highest BCUT2D eigenvalue weighted by Gasteiger charge is 2.26. The van der Waals surface area contributed by atoms with Crippen molar-refractivity contribution in [3.63, 3.8) is 0 Å². The molecule has 1 aromatic heterocycles. The van der Waals surface area contributed by atoms with Crippen LogP contribution in [0, 0.1) is 0 Å². The molecule has 3 heterocycles. The van der Waals surface area contributed by atoms with Gasteiger partial charge in [0, 0.05) is 61.5 Å². The zero-order valence-electron chi connectivity index (χ0n) is 16.0. The largest absolute Gasteiger partial charge is 0.377 e. The van der Waals surface area contributed by atoms with Crippen LogP contribution in [0.2, 0.25) is 0 Å². The summed E-state index contributed by atoms with van der Waals surface area (Å²) in [5.74, 6) is 0.180. The van der Waals surface area contributed by atoms with Crippen LogP contribution in [0.15, 0.2) is 18.2 Å². The summed E-state index contributed by atoms with van der Waals surface area (Å²) in [6, 6.07) is 6.21. The zero-order chi connectivity index (χ0) is 18.2. The molecule has 2 fully saturated rings. The van der Waals surface area contributed by atoms with Crippen molar-refractivity contribution in [2.75, 3.05) is 39.3 Å². The number of ether oxygens (including phenoxy) is 1. The highest BCUT2D eigenvalue weighted by molar-refractivity contribution is 5.99. The first-order valence-corrected chi connectivity index (χ1v) is 10.5. The van der Waals surface area contributed by atoms with E-state index in [0.717, 1.165) is 57.7 Å². The summed E-state index contributed by atoms with van der Waals surface area (Å²) < 4.78 is 5.75. The zero-order valence-corrected chi connectivity index (χ0v) is 16.0. The Labute approximate surface area is 160 Å². The number of aromatic amines is 1. The molecule has 1 amide bonds. The SMILES string of the molecule is O=C(c1ccc2[nH]c3c(c2c1)CCCC3)N1CCN(CC2CCCO2)CC1. The van der Waals surface area contributed by atoms with Crippen LogP contribution in [0.1, 0.15) is 47.3 Å². The first-order chi connectivity index (χ1) is 13.3. The maximum absolute atomic E-state index is 13.1. The number of piperazine rings is 1. The van der Waals surface area contributed by atoms with Gasteiger partial charge in [-0.1, -0.05) is 0 Å². The highest BCUT2D eigenvalue weighted by Crippen LogP contribution is 2.30. The van der Waals surface area contributed by atoms with Crippen molar-refractivity contribution in [3.8, 4) is 0 Å². The van der Waals surface area contributed by atoms with Crippen LogP contribution in [-0.4, -0.2) is 66.1 Å². The number of aryl methyl sites for hydroxylation is 2. The van der Waals surface area contributed by atoms with Crippen LogP contribution in [-0.2, 0) is 17.6 Å². The van der Waals surface area contributed by atoms with Gasteiger partial charge in [0.05, 0.1) is 6.10 Å². The molecule has 144 valence electrons. The Kier molecular flexibility index (Phi) is 4.66. The lowest BCUT2D eigenvalue weighted by Crippen LogP contribution is -2.50. The average molecular weight is 367 g/mol. The molecule has 1 unspecified atom stereocenters. The van der Waals surface area contributed by atoms with Crippen molar-refractivity contribution >= 4 is 16.8 Å². The molecule has 2 aliphatic heterocycles. The van der Waals surface area contributed by atoms with Gasteiger partial charge < -0.3 is 14.6 Å². The average Bonchev–Trinajstić information content (AvgIpc) is 3.35. The number of nitrogens with one attached hydrogen (secondary N) is 1. The number of amides is 1. The third kappa shape index (κ3) is 3.39. The third-order valence-corrected chi connectivity index (χ3v) is 6.49. The first kappa shape index (κ1) is 17.3. The van der Waals surface area contributed by atoms with E-state index in [1.165, 1.54) is 47.8 Å². The molecule has 27 heavy (non-hydrogen) atoms. The maximum Gasteiger partial charge on any atom is 0.253 e. The second-order valence-corrected chi connectivity index (χ2v) is 8.28. The van der Waals surface area contributed by atoms with Crippen molar-refractivity contribution < 1.29 is 9.53 Å². The van der Waals surface area contributed by atoms with Crippen molar-refractivity contribution in [2.24, 2.45) is 0 Å². The molecule has 5 rings (SSSR count). The molecule has 2 saturated heterocycles. The fraction of sp³-hybridized carbons (Fsp3) is 0.591. The first-order valence-electron chi connectivity index (χ1n) is 10.5. The number of hydrogen-bond donors (Lipinski definition) is 1. The van der Waals surface area contributed by atoms with E-state index in [0.29, 0.717) is 6.10 Å². The van der Waals surface area contributed by atoms with Gasteiger partial charge in [-0.15, -0.1) is 0 Å². The molecule has 5 heteroatoms. The molecule has 1 atom stereocenters. The predicted molar refractivity (Wildman–Crippen MR) is 106 cm³/mol. The quantitative estimate of drug-likeness (QED) is 0.907. The van der Waals surface area contributed by atoms with Crippen LogP contribution in [0.3, 0.4) is 0 Å². The molecule has 1 N–H and O–H groups in total. The lowest BCUT2D eigenvalue weighted by atomic mass is 9.95. The van der Waals surface area contributed by atoms with Gasteiger partial charge in [0.2, 0.25) is 0 Å². The number of rotatable bonds is 3. The van der Waals surface area contributed by atoms with Gasteiger partial charge in [-0.05, 0) is 62.3 Å². The van der Waals surface area contributed by atoms with Gasteiger partial charge in [0.25, 0.3) is 5.91 Å². The molecule has 0 bridgehead atoms. The summed E-state index contributed by atoms with van der Waals surface area (Å²) in [6.45, 7) is 5.46. The van der Waals surface area contributed by atoms with Crippen molar-refractivity contribution in [1.29, 1.82) is 0 Å². The fourth-order valence-corrected chi connectivity index (χ4v) is 4.93. The van der Waals surface area contributed by atoms with E-state index >= 15 is 0 Å². The minimum absolute atomic E-state index is 0.180. The summed E-state index contributed by atoms with van der Waals surface area (Å²) in [4.78, 5) is 21.1. The monoisotopic (exact) mass is 367 g/mol. The molecule has 0 spiro atoms. The predicted octanol–water partition coefficient (Wildman–Crippen LogP) is 2.98. The number of aromatic nitrogens is 1. The molecule has 0 radical (unpaired) electrons. The topological polar surface area (TPSA) is 48.6 Å². The number of nitrogens with zero attached hydrogens (tertiary/aromatic N) is 2. The van der Waals surface area contributed by atoms with E-state index in [-0.39, 0.29) is 5.91 Å². The standard InChI is InChI=1S/C22H29N3O2/c26-22(25-11-9-24(10-12-25)15-17-4-3-13-27-17)16-7-8-21-19(14-16)18-5-1-2-6-20(18)23-21/h7-8,14,17,23H,1-6,9-13,15H2. The number of hydrogen-bond acceptors (Lipinski definition) is 3. The van der Waals surface area contributed by atoms with Crippen molar-refractivity contribution in [2.45, 2.75) is 44.6 Å². The lowest BCUT2D eigenvalue weighted by Gasteiger charge is -2.35. The lowest BCUT2D eigenvalue weighted by molar-refractivity contribution is 0.0433. The summed E-state index contributed by atoms with van der Waals surface area (Å²) in [5, 5.41) is 1.26. The Hall–Kier alpha value is -1.85. The Morgan fingerprint density at radius 3 is 2.78 bits per heavy atom. The second kappa shape index (κ2) is 7.28. The molecular weight excluding hydrogens is 338 g/mol. The molecule has 1 aliphatic carbocycles. The smallest absolute Gasteiger partial charge is 0.253 e. The maximum atomic E-state index is 13.1. The van der Waals surface area contributed by atoms with Crippen molar-refractivity contribution in [1.82, 2.24) is 14.8 Å². The van der Waals surface area contributed by atoms with Crippen molar-refractivity contribution in [3.05, 3.63) is 35.0 Å².